The molecule has 1 saturated carbocycles. The van der Waals surface area contributed by atoms with E-state index in [0.29, 0.717) is 12.5 Å². The maximum absolute atomic E-state index is 12.5. The van der Waals surface area contributed by atoms with Crippen molar-refractivity contribution in [3.05, 3.63) is 21.4 Å². The van der Waals surface area contributed by atoms with E-state index in [1.807, 2.05) is 0 Å². The van der Waals surface area contributed by atoms with Gasteiger partial charge in [0, 0.05) is 10.9 Å². The maximum atomic E-state index is 12.5. The lowest BCUT2D eigenvalue weighted by molar-refractivity contribution is 0.0912. The van der Waals surface area contributed by atoms with Gasteiger partial charge in [-0.2, -0.15) is 0 Å². The lowest BCUT2D eigenvalue weighted by atomic mass is 9.84. The third-order valence-electron chi connectivity index (χ3n) is 4.75. The second-order valence-corrected chi connectivity index (χ2v) is 7.26. The summed E-state index contributed by atoms with van der Waals surface area (Å²) in [5.74, 6) is 0.581. The number of fused-ring (bicyclic) bond motifs is 1. The average Bonchev–Trinajstić information content (AvgIpc) is 2.92. The molecule has 0 radical (unpaired) electrons. The quantitative estimate of drug-likeness (QED) is 0.900. The molecule has 0 aromatic carbocycles. The van der Waals surface area contributed by atoms with Gasteiger partial charge in [-0.3, -0.25) is 4.79 Å². The van der Waals surface area contributed by atoms with E-state index >= 15 is 0 Å². The number of hydrogen-bond donors (Lipinski definition) is 2. The molecule has 1 heterocycles. The van der Waals surface area contributed by atoms with Crippen molar-refractivity contribution >= 4 is 17.2 Å². The predicted octanol–water partition coefficient (Wildman–Crippen LogP) is 2.87. The van der Waals surface area contributed by atoms with Crippen molar-refractivity contribution in [3.8, 4) is 0 Å². The van der Waals surface area contributed by atoms with Gasteiger partial charge in [-0.1, -0.05) is 12.8 Å². The molecule has 3 rings (SSSR count). The van der Waals surface area contributed by atoms with Gasteiger partial charge in [0.15, 0.2) is 0 Å². The van der Waals surface area contributed by atoms with Crippen molar-refractivity contribution in [1.82, 2.24) is 5.32 Å². The third-order valence-corrected chi connectivity index (χ3v) is 5.98. The zero-order valence-electron chi connectivity index (χ0n) is 12.0. The van der Waals surface area contributed by atoms with Gasteiger partial charge in [0.05, 0.1) is 4.88 Å². The molecular formula is C16H24N2OS. The van der Waals surface area contributed by atoms with Crippen LogP contribution in [0.5, 0.6) is 0 Å². The lowest BCUT2D eigenvalue weighted by Gasteiger charge is -2.31. The molecule has 20 heavy (non-hydrogen) atoms. The second kappa shape index (κ2) is 6.27. The van der Waals surface area contributed by atoms with E-state index < -0.39 is 0 Å². The average molecular weight is 292 g/mol. The third kappa shape index (κ3) is 2.91. The van der Waals surface area contributed by atoms with E-state index in [9.17, 15) is 4.79 Å². The van der Waals surface area contributed by atoms with Gasteiger partial charge in [-0.15, -0.1) is 11.3 Å². The summed E-state index contributed by atoms with van der Waals surface area (Å²) in [5, 5.41) is 3.24. The number of carbonyl (C=O) groups is 1. The van der Waals surface area contributed by atoms with Gasteiger partial charge in [0.2, 0.25) is 0 Å². The van der Waals surface area contributed by atoms with Crippen LogP contribution in [-0.2, 0) is 12.8 Å². The van der Waals surface area contributed by atoms with Crippen LogP contribution in [0, 0.1) is 5.92 Å². The van der Waals surface area contributed by atoms with Crippen LogP contribution >= 0.6 is 11.3 Å². The summed E-state index contributed by atoms with van der Waals surface area (Å²) < 4.78 is 0. The summed E-state index contributed by atoms with van der Waals surface area (Å²) in [4.78, 5) is 14.8. The summed E-state index contributed by atoms with van der Waals surface area (Å²) in [5.41, 5.74) is 7.25. The van der Waals surface area contributed by atoms with Crippen LogP contribution in [0.15, 0.2) is 6.07 Å². The highest BCUT2D eigenvalue weighted by Gasteiger charge is 2.26. The number of amides is 1. The molecule has 3 nitrogen and oxygen atoms in total. The van der Waals surface area contributed by atoms with E-state index in [1.165, 1.54) is 36.1 Å². The monoisotopic (exact) mass is 292 g/mol. The molecule has 110 valence electrons. The van der Waals surface area contributed by atoms with Gasteiger partial charge >= 0.3 is 0 Å². The Balaban J connectivity index is 1.67. The number of aryl methyl sites for hydroxylation is 2. The van der Waals surface area contributed by atoms with Crippen LogP contribution in [0.2, 0.25) is 0 Å². The molecule has 0 spiro atoms. The molecule has 2 aliphatic carbocycles. The summed E-state index contributed by atoms with van der Waals surface area (Å²) in [6.45, 7) is 0.686. The number of nitrogens with two attached hydrogens (primary N) is 1. The summed E-state index contributed by atoms with van der Waals surface area (Å²) in [6.07, 6.45) is 9.54. The van der Waals surface area contributed by atoms with E-state index in [0.717, 1.165) is 30.6 Å². The Morgan fingerprint density at radius 1 is 1.25 bits per heavy atom. The van der Waals surface area contributed by atoms with Gasteiger partial charge in [-0.25, -0.2) is 0 Å². The zero-order chi connectivity index (χ0) is 13.9. The highest BCUT2D eigenvalue weighted by molar-refractivity contribution is 7.14. The van der Waals surface area contributed by atoms with Crippen molar-refractivity contribution in [3.63, 3.8) is 0 Å². The molecule has 0 bridgehead atoms. The minimum absolute atomic E-state index is 0.120. The summed E-state index contributed by atoms with van der Waals surface area (Å²) in [7, 11) is 0. The van der Waals surface area contributed by atoms with Gasteiger partial charge in [0.25, 0.3) is 5.91 Å². The fourth-order valence-corrected chi connectivity index (χ4v) is 4.68. The number of rotatable bonds is 3. The van der Waals surface area contributed by atoms with Crippen molar-refractivity contribution in [2.75, 3.05) is 6.54 Å². The molecule has 1 amide bonds. The van der Waals surface area contributed by atoms with Crippen molar-refractivity contribution in [1.29, 1.82) is 0 Å². The van der Waals surface area contributed by atoms with Crippen LogP contribution in [-0.4, -0.2) is 18.5 Å². The maximum Gasteiger partial charge on any atom is 0.261 e. The molecule has 2 aliphatic rings. The van der Waals surface area contributed by atoms with E-state index in [2.05, 4.69) is 11.4 Å². The zero-order valence-corrected chi connectivity index (χ0v) is 12.8. The Hall–Kier alpha value is -0.870. The molecule has 1 aromatic rings. The number of carbonyl (C=O) groups excluding carboxylic acids is 1. The highest BCUT2D eigenvalue weighted by atomic mass is 32.1. The molecule has 0 aliphatic heterocycles. The minimum atomic E-state index is 0.120. The first-order chi connectivity index (χ1) is 9.78. The van der Waals surface area contributed by atoms with Crippen LogP contribution in [0.3, 0.4) is 0 Å². The minimum Gasteiger partial charge on any atom is -0.348 e. The highest BCUT2D eigenvalue weighted by Crippen LogP contribution is 2.30. The predicted molar refractivity (Wildman–Crippen MR) is 83.2 cm³/mol. The van der Waals surface area contributed by atoms with Crippen molar-refractivity contribution < 1.29 is 4.79 Å². The summed E-state index contributed by atoms with van der Waals surface area (Å²) >= 11 is 1.70. The fraction of sp³-hybridized carbons (Fsp3) is 0.688. The Bertz CT molecular complexity index is 459. The largest absolute Gasteiger partial charge is 0.348 e. The lowest BCUT2D eigenvalue weighted by Crippen LogP contribution is -2.44. The molecule has 1 aromatic heterocycles. The van der Waals surface area contributed by atoms with Crippen LogP contribution in [0.25, 0.3) is 0 Å². The SMILES string of the molecule is NCC1CCCCC1NC(=O)c1cc2c(s1)CCCC2. The first-order valence-corrected chi connectivity index (χ1v) is 8.72. The molecular weight excluding hydrogens is 268 g/mol. The second-order valence-electron chi connectivity index (χ2n) is 6.13. The van der Waals surface area contributed by atoms with Gasteiger partial charge < -0.3 is 11.1 Å². The van der Waals surface area contributed by atoms with E-state index in [4.69, 9.17) is 5.73 Å². The van der Waals surface area contributed by atoms with Crippen molar-refractivity contribution in [2.45, 2.75) is 57.4 Å². The van der Waals surface area contributed by atoms with E-state index in [-0.39, 0.29) is 11.9 Å². The number of thiophene rings is 1. The first-order valence-electron chi connectivity index (χ1n) is 7.90. The Labute approximate surface area is 124 Å². The topological polar surface area (TPSA) is 55.1 Å². The Kier molecular flexibility index (Phi) is 4.41. The van der Waals surface area contributed by atoms with E-state index in [1.54, 1.807) is 11.3 Å². The van der Waals surface area contributed by atoms with Crippen LogP contribution in [0.1, 0.15) is 58.6 Å². The standard InChI is InChI=1S/C16H24N2OS/c17-10-12-6-1-3-7-13(12)18-16(19)15-9-11-5-2-4-8-14(11)20-15/h9,12-13H,1-8,10,17H2,(H,18,19). The number of nitrogens with one attached hydrogen (secondary N) is 1. The molecule has 3 N–H and O–H groups in total. The Morgan fingerprint density at radius 2 is 2.05 bits per heavy atom. The van der Waals surface area contributed by atoms with Gasteiger partial charge in [0.1, 0.15) is 0 Å². The Morgan fingerprint density at radius 3 is 2.85 bits per heavy atom. The fourth-order valence-electron chi connectivity index (χ4n) is 3.52. The molecule has 2 atom stereocenters. The van der Waals surface area contributed by atoms with Crippen molar-refractivity contribution in [2.24, 2.45) is 11.7 Å². The first kappa shape index (κ1) is 14.1. The molecule has 0 saturated heterocycles. The number of hydrogen-bond acceptors (Lipinski definition) is 3. The smallest absolute Gasteiger partial charge is 0.261 e. The normalized spacial score (nSPS) is 26.1. The summed E-state index contributed by atoms with van der Waals surface area (Å²) in [6, 6.07) is 2.40. The molecule has 1 fully saturated rings. The van der Waals surface area contributed by atoms with Gasteiger partial charge in [-0.05, 0) is 62.6 Å². The van der Waals surface area contributed by atoms with Crippen LogP contribution < -0.4 is 11.1 Å². The molecule has 2 unspecified atom stereocenters. The van der Waals surface area contributed by atoms with Crippen LogP contribution in [0.4, 0.5) is 0 Å². The molecule has 4 heteroatoms.